The molecule has 0 radical (unpaired) electrons. The molecule has 1 aliphatic heterocycles. The maximum Gasteiger partial charge on any atom is 0.407 e. The largest absolute Gasteiger partial charge is 0.465 e. The van der Waals surface area contributed by atoms with E-state index in [2.05, 4.69) is 0 Å². The summed E-state index contributed by atoms with van der Waals surface area (Å²) in [7, 11) is 0. The Balaban J connectivity index is 2.25. The van der Waals surface area contributed by atoms with E-state index in [0.29, 0.717) is 25.4 Å². The molecule has 0 saturated carbocycles. The van der Waals surface area contributed by atoms with Crippen LogP contribution in [0.2, 0.25) is 0 Å². The second kappa shape index (κ2) is 4.28. The smallest absolute Gasteiger partial charge is 0.407 e. The third-order valence-corrected chi connectivity index (χ3v) is 2.40. The first-order valence-corrected chi connectivity index (χ1v) is 4.28. The zero-order chi connectivity index (χ0) is 8.97. The van der Waals surface area contributed by atoms with Crippen molar-refractivity contribution in [2.24, 2.45) is 5.92 Å². The van der Waals surface area contributed by atoms with Crippen molar-refractivity contribution in [3.05, 3.63) is 0 Å². The standard InChI is InChI=1S/C8H14FNO2/c9-4-1-7-2-5-10(6-3-7)8(11)12/h7H,1-6H2,(H,11,12). The third-order valence-electron chi connectivity index (χ3n) is 2.40. The van der Waals surface area contributed by atoms with Gasteiger partial charge in [0, 0.05) is 13.1 Å². The van der Waals surface area contributed by atoms with Crippen LogP contribution in [-0.4, -0.2) is 35.9 Å². The van der Waals surface area contributed by atoms with Crippen molar-refractivity contribution in [1.29, 1.82) is 0 Å². The Kier molecular flexibility index (Phi) is 3.31. The molecule has 0 bridgehead atoms. The maximum absolute atomic E-state index is 11.9. The van der Waals surface area contributed by atoms with Crippen LogP contribution in [-0.2, 0) is 0 Å². The van der Waals surface area contributed by atoms with Crippen LogP contribution in [0.3, 0.4) is 0 Å². The Morgan fingerprint density at radius 1 is 1.50 bits per heavy atom. The van der Waals surface area contributed by atoms with Gasteiger partial charge in [0.2, 0.25) is 0 Å². The van der Waals surface area contributed by atoms with Gasteiger partial charge in [-0.3, -0.25) is 4.39 Å². The summed E-state index contributed by atoms with van der Waals surface area (Å²) >= 11 is 0. The lowest BCUT2D eigenvalue weighted by Gasteiger charge is -2.29. The lowest BCUT2D eigenvalue weighted by atomic mass is 9.94. The second-order valence-corrected chi connectivity index (χ2v) is 3.19. The van der Waals surface area contributed by atoms with Gasteiger partial charge in [0.05, 0.1) is 6.67 Å². The van der Waals surface area contributed by atoms with E-state index >= 15 is 0 Å². The van der Waals surface area contributed by atoms with Gasteiger partial charge >= 0.3 is 6.09 Å². The first-order valence-electron chi connectivity index (χ1n) is 4.28. The van der Waals surface area contributed by atoms with Gasteiger partial charge in [0.25, 0.3) is 0 Å². The topological polar surface area (TPSA) is 40.5 Å². The Bertz CT molecular complexity index is 155. The third kappa shape index (κ3) is 2.36. The van der Waals surface area contributed by atoms with Gasteiger partial charge in [-0.05, 0) is 25.2 Å². The highest BCUT2D eigenvalue weighted by Crippen LogP contribution is 2.20. The van der Waals surface area contributed by atoms with Crippen LogP contribution in [0.15, 0.2) is 0 Å². The number of alkyl halides is 1. The van der Waals surface area contributed by atoms with E-state index in [4.69, 9.17) is 5.11 Å². The van der Waals surface area contributed by atoms with Crippen molar-refractivity contribution in [2.75, 3.05) is 19.8 Å². The average Bonchev–Trinajstić information content (AvgIpc) is 2.06. The minimum Gasteiger partial charge on any atom is -0.465 e. The molecule has 1 heterocycles. The lowest BCUT2D eigenvalue weighted by molar-refractivity contribution is 0.122. The number of likely N-dealkylation sites (tertiary alicyclic amines) is 1. The van der Waals surface area contributed by atoms with Gasteiger partial charge in [-0.15, -0.1) is 0 Å². The average molecular weight is 175 g/mol. The van der Waals surface area contributed by atoms with Gasteiger partial charge in [0.1, 0.15) is 0 Å². The van der Waals surface area contributed by atoms with Crippen LogP contribution in [0.25, 0.3) is 0 Å². The molecule has 1 fully saturated rings. The molecule has 1 rings (SSSR count). The molecule has 12 heavy (non-hydrogen) atoms. The number of carbonyl (C=O) groups is 1. The number of amides is 1. The quantitative estimate of drug-likeness (QED) is 0.694. The van der Waals surface area contributed by atoms with Crippen LogP contribution >= 0.6 is 0 Å². The summed E-state index contributed by atoms with van der Waals surface area (Å²) in [6.07, 6.45) is 1.37. The highest BCUT2D eigenvalue weighted by Gasteiger charge is 2.21. The van der Waals surface area contributed by atoms with E-state index in [0.717, 1.165) is 12.8 Å². The van der Waals surface area contributed by atoms with Gasteiger partial charge < -0.3 is 10.0 Å². The van der Waals surface area contributed by atoms with Crippen LogP contribution in [0.4, 0.5) is 9.18 Å². The van der Waals surface area contributed by atoms with Crippen molar-refractivity contribution < 1.29 is 14.3 Å². The Morgan fingerprint density at radius 2 is 2.08 bits per heavy atom. The number of halogens is 1. The van der Waals surface area contributed by atoms with E-state index in [9.17, 15) is 9.18 Å². The molecular formula is C8H14FNO2. The number of piperidine rings is 1. The molecular weight excluding hydrogens is 161 g/mol. The molecule has 1 N–H and O–H groups in total. The fourth-order valence-electron chi connectivity index (χ4n) is 1.57. The number of hydrogen-bond donors (Lipinski definition) is 1. The van der Waals surface area contributed by atoms with Crippen molar-refractivity contribution >= 4 is 6.09 Å². The summed E-state index contributed by atoms with van der Waals surface area (Å²) in [5.41, 5.74) is 0. The first kappa shape index (κ1) is 9.29. The molecule has 70 valence electrons. The van der Waals surface area contributed by atoms with Crippen molar-refractivity contribution in [3.63, 3.8) is 0 Å². The van der Waals surface area contributed by atoms with Crippen molar-refractivity contribution in [1.82, 2.24) is 4.90 Å². The van der Waals surface area contributed by atoms with Crippen molar-refractivity contribution in [2.45, 2.75) is 19.3 Å². The summed E-state index contributed by atoms with van der Waals surface area (Å²) in [4.78, 5) is 11.9. The van der Waals surface area contributed by atoms with E-state index in [1.807, 2.05) is 0 Å². The molecule has 0 aromatic heterocycles. The maximum atomic E-state index is 11.9. The van der Waals surface area contributed by atoms with Crippen LogP contribution < -0.4 is 0 Å². The first-order chi connectivity index (χ1) is 5.74. The normalized spacial score (nSPS) is 19.6. The number of nitrogens with zero attached hydrogens (tertiary/aromatic N) is 1. The molecule has 0 aromatic rings. The summed E-state index contributed by atoms with van der Waals surface area (Å²) in [5.74, 6) is 0.394. The Labute approximate surface area is 71.2 Å². The summed E-state index contributed by atoms with van der Waals surface area (Å²) < 4.78 is 11.9. The van der Waals surface area contributed by atoms with E-state index in [1.54, 1.807) is 0 Å². The van der Waals surface area contributed by atoms with Crippen molar-refractivity contribution in [3.8, 4) is 0 Å². The van der Waals surface area contributed by atoms with Gasteiger partial charge in [-0.1, -0.05) is 0 Å². The van der Waals surface area contributed by atoms with Crippen LogP contribution in [0, 0.1) is 5.92 Å². The predicted molar refractivity (Wildman–Crippen MR) is 42.9 cm³/mol. The fourth-order valence-corrected chi connectivity index (χ4v) is 1.57. The summed E-state index contributed by atoms with van der Waals surface area (Å²) in [6.45, 7) is 0.859. The number of carboxylic acid groups (broad SMARTS) is 1. The molecule has 1 saturated heterocycles. The highest BCUT2D eigenvalue weighted by atomic mass is 19.1. The zero-order valence-electron chi connectivity index (χ0n) is 7.00. The minimum absolute atomic E-state index is 0.280. The molecule has 1 aliphatic rings. The molecule has 0 aromatic carbocycles. The highest BCUT2D eigenvalue weighted by molar-refractivity contribution is 5.64. The predicted octanol–water partition coefficient (Wildman–Crippen LogP) is 1.74. The summed E-state index contributed by atoms with van der Waals surface area (Å²) in [5, 5.41) is 8.61. The second-order valence-electron chi connectivity index (χ2n) is 3.19. The van der Waals surface area contributed by atoms with Gasteiger partial charge in [-0.25, -0.2) is 4.79 Å². The van der Waals surface area contributed by atoms with E-state index < -0.39 is 6.09 Å². The molecule has 4 heteroatoms. The molecule has 1 amide bonds. The minimum atomic E-state index is -0.853. The number of rotatable bonds is 2. The zero-order valence-corrected chi connectivity index (χ0v) is 7.00. The molecule has 0 spiro atoms. The molecule has 3 nitrogen and oxygen atoms in total. The Hall–Kier alpha value is -0.800. The number of hydrogen-bond acceptors (Lipinski definition) is 1. The van der Waals surface area contributed by atoms with Gasteiger partial charge in [-0.2, -0.15) is 0 Å². The van der Waals surface area contributed by atoms with E-state index in [-0.39, 0.29) is 6.67 Å². The molecule has 0 aliphatic carbocycles. The molecule has 0 atom stereocenters. The van der Waals surface area contributed by atoms with Gasteiger partial charge in [0.15, 0.2) is 0 Å². The Morgan fingerprint density at radius 3 is 2.50 bits per heavy atom. The fraction of sp³-hybridized carbons (Fsp3) is 0.875. The monoisotopic (exact) mass is 175 g/mol. The SMILES string of the molecule is O=C(O)N1CCC(CCF)CC1. The van der Waals surface area contributed by atoms with Crippen LogP contribution in [0.5, 0.6) is 0 Å². The van der Waals surface area contributed by atoms with E-state index in [1.165, 1.54) is 4.90 Å². The molecule has 0 unspecified atom stereocenters. The lowest BCUT2D eigenvalue weighted by Crippen LogP contribution is -2.37. The summed E-state index contributed by atoms with van der Waals surface area (Å²) in [6, 6.07) is 0. The van der Waals surface area contributed by atoms with Crippen LogP contribution in [0.1, 0.15) is 19.3 Å².